The third-order valence-electron chi connectivity index (χ3n) is 4.15. The Hall–Kier alpha value is -2.29. The van der Waals surface area contributed by atoms with Gasteiger partial charge >= 0.3 is 0 Å². The Balaban J connectivity index is 1.77. The third kappa shape index (κ3) is 2.77. The average molecular weight is 280 g/mol. The van der Waals surface area contributed by atoms with Crippen LogP contribution in [0, 0.1) is 0 Å². The predicted molar refractivity (Wildman–Crippen MR) is 85.1 cm³/mol. The monoisotopic (exact) mass is 280 g/mol. The number of aryl methyl sites for hydroxylation is 2. The van der Waals surface area contributed by atoms with Crippen LogP contribution >= 0.6 is 0 Å². The number of nitrogen functional groups attached to an aromatic ring is 1. The molecular weight excluding hydrogens is 260 g/mol. The number of carbonyl (C=O) groups excluding carboxylic acids is 1. The summed E-state index contributed by atoms with van der Waals surface area (Å²) in [5, 5.41) is 0. The Kier molecular flexibility index (Phi) is 3.65. The lowest BCUT2D eigenvalue weighted by Crippen LogP contribution is -2.26. The van der Waals surface area contributed by atoms with E-state index < -0.39 is 0 Å². The van der Waals surface area contributed by atoms with Gasteiger partial charge < -0.3 is 10.6 Å². The van der Waals surface area contributed by atoms with Gasteiger partial charge in [0.25, 0.3) is 5.91 Å². The molecule has 3 nitrogen and oxygen atoms in total. The van der Waals surface area contributed by atoms with Crippen molar-refractivity contribution >= 4 is 11.6 Å². The normalized spacial score (nSPS) is 13.0. The van der Waals surface area contributed by atoms with Gasteiger partial charge in [-0.15, -0.1) is 0 Å². The first-order chi connectivity index (χ1) is 10.1. The van der Waals surface area contributed by atoms with Crippen molar-refractivity contribution < 1.29 is 4.79 Å². The van der Waals surface area contributed by atoms with Crippen molar-refractivity contribution in [1.82, 2.24) is 4.90 Å². The van der Waals surface area contributed by atoms with Crippen LogP contribution in [0.2, 0.25) is 0 Å². The largest absolute Gasteiger partial charge is 0.398 e. The van der Waals surface area contributed by atoms with E-state index in [2.05, 4.69) is 12.1 Å². The van der Waals surface area contributed by atoms with Crippen LogP contribution < -0.4 is 5.73 Å². The van der Waals surface area contributed by atoms with Gasteiger partial charge in [0.05, 0.1) is 0 Å². The second kappa shape index (κ2) is 5.60. The van der Waals surface area contributed by atoms with Crippen molar-refractivity contribution in [3.8, 4) is 0 Å². The van der Waals surface area contributed by atoms with Crippen molar-refractivity contribution in [3.63, 3.8) is 0 Å². The van der Waals surface area contributed by atoms with E-state index in [-0.39, 0.29) is 5.91 Å². The lowest BCUT2D eigenvalue weighted by Gasteiger charge is -2.19. The predicted octanol–water partition coefficient (Wildman–Crippen LogP) is 3.03. The molecule has 2 aromatic rings. The molecule has 21 heavy (non-hydrogen) atoms. The minimum Gasteiger partial charge on any atom is -0.398 e. The highest BCUT2D eigenvalue weighted by Crippen LogP contribution is 2.23. The van der Waals surface area contributed by atoms with E-state index >= 15 is 0 Å². The second-order valence-corrected chi connectivity index (χ2v) is 5.70. The molecule has 0 aliphatic heterocycles. The van der Waals surface area contributed by atoms with Crippen LogP contribution in [0.3, 0.4) is 0 Å². The fourth-order valence-electron chi connectivity index (χ4n) is 2.93. The molecule has 0 unspecified atom stereocenters. The van der Waals surface area contributed by atoms with Gasteiger partial charge in [-0.3, -0.25) is 4.79 Å². The van der Waals surface area contributed by atoms with Crippen LogP contribution in [0.4, 0.5) is 5.69 Å². The van der Waals surface area contributed by atoms with E-state index in [1.54, 1.807) is 4.90 Å². The van der Waals surface area contributed by atoms with Crippen molar-refractivity contribution in [1.29, 1.82) is 0 Å². The standard InChI is InChI=1S/C18H20N2O/c1-20(12-16-5-2-3-8-17(16)19)18(21)15-10-9-13-6-4-7-14(13)11-15/h2-3,5,8-11H,4,6-7,12,19H2,1H3. The summed E-state index contributed by atoms with van der Waals surface area (Å²) in [4.78, 5) is 14.3. The van der Waals surface area contributed by atoms with Crippen molar-refractivity contribution in [2.45, 2.75) is 25.8 Å². The summed E-state index contributed by atoms with van der Waals surface area (Å²) >= 11 is 0. The zero-order valence-corrected chi connectivity index (χ0v) is 12.3. The first-order valence-electron chi connectivity index (χ1n) is 7.36. The minimum absolute atomic E-state index is 0.0490. The molecule has 1 amide bonds. The van der Waals surface area contributed by atoms with Gasteiger partial charge in [0.2, 0.25) is 0 Å². The maximum atomic E-state index is 12.5. The highest BCUT2D eigenvalue weighted by atomic mass is 16.2. The quantitative estimate of drug-likeness (QED) is 0.878. The summed E-state index contributed by atoms with van der Waals surface area (Å²) in [6.07, 6.45) is 3.43. The summed E-state index contributed by atoms with van der Waals surface area (Å²) in [5.74, 6) is 0.0490. The highest BCUT2D eigenvalue weighted by Gasteiger charge is 2.17. The number of rotatable bonds is 3. The molecule has 3 rings (SSSR count). The number of carbonyl (C=O) groups is 1. The molecule has 3 heteroatoms. The van der Waals surface area contributed by atoms with Gasteiger partial charge in [0.1, 0.15) is 0 Å². The second-order valence-electron chi connectivity index (χ2n) is 5.70. The number of benzene rings is 2. The number of anilines is 1. The van der Waals surface area contributed by atoms with E-state index in [9.17, 15) is 4.79 Å². The number of amides is 1. The van der Waals surface area contributed by atoms with Gasteiger partial charge in [-0.1, -0.05) is 24.3 Å². The summed E-state index contributed by atoms with van der Waals surface area (Å²) in [6.45, 7) is 0.530. The fraction of sp³-hybridized carbons (Fsp3) is 0.278. The minimum atomic E-state index is 0.0490. The van der Waals surface area contributed by atoms with E-state index in [0.29, 0.717) is 6.54 Å². The van der Waals surface area contributed by atoms with Gasteiger partial charge in [0.15, 0.2) is 0 Å². The third-order valence-corrected chi connectivity index (χ3v) is 4.15. The molecule has 2 aromatic carbocycles. The Morgan fingerprint density at radius 2 is 1.90 bits per heavy atom. The zero-order valence-electron chi connectivity index (χ0n) is 12.3. The maximum absolute atomic E-state index is 12.5. The average Bonchev–Trinajstić information content (AvgIpc) is 2.96. The Labute approximate surface area is 125 Å². The van der Waals surface area contributed by atoms with Crippen LogP contribution in [-0.4, -0.2) is 17.9 Å². The number of fused-ring (bicyclic) bond motifs is 1. The number of hydrogen-bond acceptors (Lipinski definition) is 2. The van der Waals surface area contributed by atoms with E-state index in [1.807, 2.05) is 37.4 Å². The van der Waals surface area contributed by atoms with Crippen LogP contribution in [0.5, 0.6) is 0 Å². The smallest absolute Gasteiger partial charge is 0.253 e. The topological polar surface area (TPSA) is 46.3 Å². The molecule has 1 aliphatic carbocycles. The summed E-state index contributed by atoms with van der Waals surface area (Å²) in [6, 6.07) is 13.8. The molecule has 0 fully saturated rings. The molecule has 0 atom stereocenters. The molecule has 1 aliphatic rings. The number of hydrogen-bond donors (Lipinski definition) is 1. The van der Waals surface area contributed by atoms with Gasteiger partial charge in [0, 0.05) is 24.8 Å². The molecule has 108 valence electrons. The van der Waals surface area contributed by atoms with Gasteiger partial charge in [-0.2, -0.15) is 0 Å². The van der Waals surface area contributed by atoms with Crippen molar-refractivity contribution in [2.75, 3.05) is 12.8 Å². The molecular formula is C18H20N2O. The Morgan fingerprint density at radius 3 is 2.71 bits per heavy atom. The van der Waals surface area contributed by atoms with E-state index in [1.165, 1.54) is 17.5 Å². The first kappa shape index (κ1) is 13.7. The number of nitrogens with zero attached hydrogens (tertiary/aromatic N) is 1. The van der Waals surface area contributed by atoms with E-state index in [0.717, 1.165) is 29.7 Å². The molecule has 0 aromatic heterocycles. The van der Waals surface area contributed by atoms with Gasteiger partial charge in [-0.05, 0) is 54.2 Å². The fourth-order valence-corrected chi connectivity index (χ4v) is 2.93. The highest BCUT2D eigenvalue weighted by molar-refractivity contribution is 5.94. The first-order valence-corrected chi connectivity index (χ1v) is 7.36. The summed E-state index contributed by atoms with van der Waals surface area (Å²) in [5.41, 5.74) is 11.1. The molecule has 0 saturated heterocycles. The lowest BCUT2D eigenvalue weighted by atomic mass is 10.1. The number of para-hydroxylation sites is 1. The maximum Gasteiger partial charge on any atom is 0.253 e. The van der Waals surface area contributed by atoms with Crippen LogP contribution in [-0.2, 0) is 19.4 Å². The van der Waals surface area contributed by atoms with Crippen LogP contribution in [0.25, 0.3) is 0 Å². The van der Waals surface area contributed by atoms with Crippen LogP contribution in [0.1, 0.15) is 33.5 Å². The van der Waals surface area contributed by atoms with E-state index in [4.69, 9.17) is 5.73 Å². The van der Waals surface area contributed by atoms with Crippen LogP contribution in [0.15, 0.2) is 42.5 Å². The molecule has 0 saturated carbocycles. The van der Waals surface area contributed by atoms with Crippen molar-refractivity contribution in [2.24, 2.45) is 0 Å². The molecule has 0 bridgehead atoms. The lowest BCUT2D eigenvalue weighted by molar-refractivity contribution is 0.0785. The SMILES string of the molecule is CN(Cc1ccccc1N)C(=O)c1ccc2c(c1)CCC2. The Morgan fingerprint density at radius 1 is 1.14 bits per heavy atom. The van der Waals surface area contributed by atoms with Crippen molar-refractivity contribution in [3.05, 3.63) is 64.7 Å². The Bertz CT molecular complexity index is 679. The molecule has 0 radical (unpaired) electrons. The molecule has 0 spiro atoms. The molecule has 2 N–H and O–H groups in total. The summed E-state index contributed by atoms with van der Waals surface area (Å²) < 4.78 is 0. The molecule has 0 heterocycles. The zero-order chi connectivity index (χ0) is 14.8. The summed E-state index contributed by atoms with van der Waals surface area (Å²) in [7, 11) is 1.82. The van der Waals surface area contributed by atoms with Gasteiger partial charge in [-0.25, -0.2) is 0 Å². The number of nitrogens with two attached hydrogens (primary N) is 1.